The molecule has 1 aromatic carbocycles. The zero-order valence-corrected chi connectivity index (χ0v) is 11.3. The van der Waals surface area contributed by atoms with Gasteiger partial charge in [0.05, 0.1) is 12.0 Å². The van der Waals surface area contributed by atoms with Crippen molar-refractivity contribution in [3.8, 4) is 0 Å². The smallest absolute Gasteiger partial charge is 0.224 e. The van der Waals surface area contributed by atoms with E-state index in [9.17, 15) is 4.79 Å². The Balaban J connectivity index is 1.92. The maximum Gasteiger partial charge on any atom is 0.224 e. The molecule has 1 fully saturated rings. The molecule has 18 heavy (non-hydrogen) atoms. The van der Waals surface area contributed by atoms with E-state index in [2.05, 4.69) is 0 Å². The molecule has 0 aromatic heterocycles. The Labute approximate surface area is 113 Å². The standard InChI is InChI=1S/C14H18ClNO2/c1-2-18-10-12-5-3-11(4-6-12)8-16-9-13(15)7-14(16)17/h3-6,13H,2,7-10H2,1H3. The van der Waals surface area contributed by atoms with E-state index in [1.807, 2.05) is 36.1 Å². The fourth-order valence-electron chi connectivity index (χ4n) is 2.06. The van der Waals surface area contributed by atoms with Gasteiger partial charge in [0.15, 0.2) is 0 Å². The first-order chi connectivity index (χ1) is 8.69. The molecule has 1 aliphatic heterocycles. The molecule has 1 amide bonds. The highest BCUT2D eigenvalue weighted by Crippen LogP contribution is 2.19. The van der Waals surface area contributed by atoms with Crippen molar-refractivity contribution in [1.82, 2.24) is 4.90 Å². The van der Waals surface area contributed by atoms with Crippen LogP contribution in [0.25, 0.3) is 0 Å². The van der Waals surface area contributed by atoms with Crippen molar-refractivity contribution >= 4 is 17.5 Å². The molecule has 1 atom stereocenters. The molecule has 0 aliphatic carbocycles. The first-order valence-corrected chi connectivity index (χ1v) is 6.70. The van der Waals surface area contributed by atoms with Crippen LogP contribution in [0.15, 0.2) is 24.3 Å². The van der Waals surface area contributed by atoms with Crippen LogP contribution in [0.2, 0.25) is 0 Å². The van der Waals surface area contributed by atoms with Crippen LogP contribution in [0.5, 0.6) is 0 Å². The maximum atomic E-state index is 11.6. The Morgan fingerprint density at radius 3 is 2.56 bits per heavy atom. The number of carbonyl (C=O) groups is 1. The second-order valence-electron chi connectivity index (χ2n) is 4.53. The van der Waals surface area contributed by atoms with Gasteiger partial charge in [-0.3, -0.25) is 4.79 Å². The molecule has 1 saturated heterocycles. The molecule has 1 unspecified atom stereocenters. The summed E-state index contributed by atoms with van der Waals surface area (Å²) in [4.78, 5) is 13.4. The van der Waals surface area contributed by atoms with Gasteiger partial charge in [-0.2, -0.15) is 0 Å². The van der Waals surface area contributed by atoms with E-state index in [4.69, 9.17) is 16.3 Å². The first-order valence-electron chi connectivity index (χ1n) is 6.26. The van der Waals surface area contributed by atoms with Crippen LogP contribution in [-0.4, -0.2) is 29.3 Å². The molecule has 4 heteroatoms. The van der Waals surface area contributed by atoms with Gasteiger partial charge in [-0.15, -0.1) is 11.6 Å². The van der Waals surface area contributed by atoms with Crippen molar-refractivity contribution in [3.63, 3.8) is 0 Å². The normalized spacial score (nSPS) is 19.6. The number of nitrogens with zero attached hydrogens (tertiary/aromatic N) is 1. The number of benzene rings is 1. The summed E-state index contributed by atoms with van der Waals surface area (Å²) in [6, 6.07) is 8.18. The maximum absolute atomic E-state index is 11.6. The van der Waals surface area contributed by atoms with Crippen molar-refractivity contribution in [3.05, 3.63) is 35.4 Å². The molecular formula is C14H18ClNO2. The van der Waals surface area contributed by atoms with Gasteiger partial charge in [-0.25, -0.2) is 0 Å². The summed E-state index contributed by atoms with van der Waals surface area (Å²) in [5.41, 5.74) is 2.29. The van der Waals surface area contributed by atoms with E-state index < -0.39 is 0 Å². The minimum absolute atomic E-state index is 0.0327. The molecule has 1 aliphatic rings. The van der Waals surface area contributed by atoms with Crippen LogP contribution in [-0.2, 0) is 22.7 Å². The summed E-state index contributed by atoms with van der Waals surface area (Å²) in [5.74, 6) is 0.147. The number of ether oxygens (including phenoxy) is 1. The predicted octanol–water partition coefficient (Wildman–Crippen LogP) is 2.56. The Bertz CT molecular complexity index is 405. The summed E-state index contributed by atoms with van der Waals surface area (Å²) in [6.45, 7) is 4.65. The van der Waals surface area contributed by atoms with Gasteiger partial charge in [0.2, 0.25) is 5.91 Å². The van der Waals surface area contributed by atoms with Crippen LogP contribution in [0.1, 0.15) is 24.5 Å². The third-order valence-corrected chi connectivity index (χ3v) is 3.33. The van der Waals surface area contributed by atoms with Gasteiger partial charge in [0, 0.05) is 26.1 Å². The number of rotatable bonds is 5. The van der Waals surface area contributed by atoms with Gasteiger partial charge < -0.3 is 9.64 Å². The summed E-state index contributed by atoms with van der Waals surface area (Å²) in [6.07, 6.45) is 0.462. The number of amides is 1. The fraction of sp³-hybridized carbons (Fsp3) is 0.500. The average molecular weight is 268 g/mol. The van der Waals surface area contributed by atoms with Crippen LogP contribution in [0.3, 0.4) is 0 Å². The topological polar surface area (TPSA) is 29.5 Å². The van der Waals surface area contributed by atoms with Crippen LogP contribution >= 0.6 is 11.6 Å². The molecule has 1 aromatic rings. The van der Waals surface area contributed by atoms with Crippen molar-refractivity contribution in [1.29, 1.82) is 0 Å². The van der Waals surface area contributed by atoms with E-state index in [0.29, 0.717) is 26.1 Å². The Kier molecular flexibility index (Phi) is 4.61. The van der Waals surface area contributed by atoms with E-state index in [1.165, 1.54) is 0 Å². The molecule has 98 valence electrons. The predicted molar refractivity (Wildman–Crippen MR) is 71.4 cm³/mol. The zero-order chi connectivity index (χ0) is 13.0. The molecule has 3 nitrogen and oxygen atoms in total. The molecule has 0 spiro atoms. The second kappa shape index (κ2) is 6.21. The van der Waals surface area contributed by atoms with Gasteiger partial charge >= 0.3 is 0 Å². The van der Waals surface area contributed by atoms with E-state index in [0.717, 1.165) is 17.7 Å². The third kappa shape index (κ3) is 3.47. The van der Waals surface area contributed by atoms with Gasteiger partial charge in [0.25, 0.3) is 0 Å². The summed E-state index contributed by atoms with van der Waals surface area (Å²) >= 11 is 5.97. The molecule has 2 rings (SSSR count). The van der Waals surface area contributed by atoms with Gasteiger partial charge in [-0.1, -0.05) is 24.3 Å². The first kappa shape index (κ1) is 13.4. The van der Waals surface area contributed by atoms with Gasteiger partial charge in [0.1, 0.15) is 0 Å². The molecule has 1 heterocycles. The SMILES string of the molecule is CCOCc1ccc(CN2CC(Cl)CC2=O)cc1. The number of hydrogen-bond acceptors (Lipinski definition) is 2. The van der Waals surface area contributed by atoms with E-state index in [-0.39, 0.29) is 11.3 Å². The Morgan fingerprint density at radius 2 is 2.00 bits per heavy atom. The number of carbonyl (C=O) groups excluding carboxylic acids is 1. The molecule has 0 bridgehead atoms. The fourth-order valence-corrected chi connectivity index (χ4v) is 2.36. The lowest BCUT2D eigenvalue weighted by molar-refractivity contribution is -0.128. The number of likely N-dealkylation sites (tertiary alicyclic amines) is 1. The number of hydrogen-bond donors (Lipinski definition) is 0. The highest BCUT2D eigenvalue weighted by atomic mass is 35.5. The van der Waals surface area contributed by atoms with Crippen molar-refractivity contribution in [2.75, 3.05) is 13.2 Å². The third-order valence-electron chi connectivity index (χ3n) is 3.04. The lowest BCUT2D eigenvalue weighted by Crippen LogP contribution is -2.24. The number of alkyl halides is 1. The molecule has 0 saturated carbocycles. The van der Waals surface area contributed by atoms with E-state index in [1.54, 1.807) is 0 Å². The Hall–Kier alpha value is -1.06. The van der Waals surface area contributed by atoms with Crippen molar-refractivity contribution in [2.24, 2.45) is 0 Å². The summed E-state index contributed by atoms with van der Waals surface area (Å²) < 4.78 is 5.34. The minimum atomic E-state index is -0.0327. The highest BCUT2D eigenvalue weighted by Gasteiger charge is 2.27. The van der Waals surface area contributed by atoms with Crippen LogP contribution in [0.4, 0.5) is 0 Å². The van der Waals surface area contributed by atoms with E-state index >= 15 is 0 Å². The lowest BCUT2D eigenvalue weighted by Gasteiger charge is -2.15. The largest absolute Gasteiger partial charge is 0.377 e. The Morgan fingerprint density at radius 1 is 1.33 bits per heavy atom. The monoisotopic (exact) mass is 267 g/mol. The molecule has 0 radical (unpaired) electrons. The second-order valence-corrected chi connectivity index (χ2v) is 5.15. The molecular weight excluding hydrogens is 250 g/mol. The summed E-state index contributed by atoms with van der Waals surface area (Å²) in [7, 11) is 0. The summed E-state index contributed by atoms with van der Waals surface area (Å²) in [5, 5.41) is -0.0327. The number of halogens is 1. The zero-order valence-electron chi connectivity index (χ0n) is 10.6. The average Bonchev–Trinajstić information content (AvgIpc) is 2.67. The van der Waals surface area contributed by atoms with Crippen molar-refractivity contribution < 1.29 is 9.53 Å². The van der Waals surface area contributed by atoms with Crippen LogP contribution in [0, 0.1) is 0 Å². The van der Waals surface area contributed by atoms with Gasteiger partial charge in [-0.05, 0) is 18.1 Å². The van der Waals surface area contributed by atoms with Crippen LogP contribution < -0.4 is 0 Å². The lowest BCUT2D eigenvalue weighted by atomic mass is 10.1. The molecule has 0 N–H and O–H groups in total. The highest BCUT2D eigenvalue weighted by molar-refractivity contribution is 6.22. The quantitative estimate of drug-likeness (QED) is 0.768. The minimum Gasteiger partial charge on any atom is -0.377 e. The van der Waals surface area contributed by atoms with Crippen molar-refractivity contribution in [2.45, 2.75) is 31.9 Å².